The summed E-state index contributed by atoms with van der Waals surface area (Å²) < 4.78 is 108. The van der Waals surface area contributed by atoms with Gasteiger partial charge in [0, 0.05) is 19.1 Å². The molecule has 1 spiro atoms. The molecule has 0 aliphatic carbocycles. The average molecular weight is 523 g/mol. The first-order valence-electron chi connectivity index (χ1n) is 11.0. The highest BCUT2D eigenvalue weighted by atomic mass is 32.2. The summed E-state index contributed by atoms with van der Waals surface area (Å²) in [5.74, 6) is -0.778. The van der Waals surface area contributed by atoms with Crippen molar-refractivity contribution < 1.29 is 39.5 Å². The van der Waals surface area contributed by atoms with E-state index in [9.17, 15) is 34.8 Å². The number of halogens is 6. The smallest absolute Gasteiger partial charge is 0.404 e. The number of alkyl halides is 6. The Labute approximate surface area is 199 Å². The van der Waals surface area contributed by atoms with Crippen molar-refractivity contribution in [3.8, 4) is 5.75 Å². The maximum atomic E-state index is 13.2. The van der Waals surface area contributed by atoms with E-state index in [1.54, 1.807) is 12.1 Å². The number of nitrogens with zero attached hydrogens (tertiary/aromatic N) is 1. The molecule has 2 heterocycles. The van der Waals surface area contributed by atoms with Gasteiger partial charge in [-0.1, -0.05) is 36.4 Å². The molecule has 2 fully saturated rings. The summed E-state index contributed by atoms with van der Waals surface area (Å²) in [6, 6.07) is 10.7. The van der Waals surface area contributed by atoms with E-state index in [1.807, 2.05) is 0 Å². The molecule has 2 saturated heterocycles. The maximum absolute atomic E-state index is 13.2. The lowest BCUT2D eigenvalue weighted by atomic mass is 9.71. The standard InChI is InChI=1S/C23H24F6N2O3S/c24-22(25,26)15-16-5-7-17(8-6-16)20-21(9-12-30-20)10-13-31(14-11-21)35(32,33)19-4-2-1-3-18(19)34-23(27,28)29/h1-8,20,30H,9-15H2. The number of hydrogen-bond donors (Lipinski definition) is 1. The van der Waals surface area contributed by atoms with Gasteiger partial charge in [-0.15, -0.1) is 13.2 Å². The van der Waals surface area contributed by atoms with E-state index in [-0.39, 0.29) is 30.1 Å². The fourth-order valence-corrected chi connectivity index (χ4v) is 6.63. The molecule has 0 aromatic heterocycles. The Balaban J connectivity index is 1.50. The number of rotatable bonds is 5. The van der Waals surface area contributed by atoms with Gasteiger partial charge in [-0.2, -0.15) is 17.5 Å². The van der Waals surface area contributed by atoms with Crippen LogP contribution in [0.5, 0.6) is 5.75 Å². The topological polar surface area (TPSA) is 58.6 Å². The molecule has 2 aromatic rings. The second kappa shape index (κ2) is 9.29. The SMILES string of the molecule is O=S(=O)(c1ccccc1OC(F)(F)F)N1CCC2(CCNC2c2ccc(CC(F)(F)F)cc2)CC1. The molecule has 2 aliphatic rings. The molecule has 12 heteroatoms. The normalized spacial score (nSPS) is 21.4. The first kappa shape index (κ1) is 25.8. The molecule has 2 aliphatic heterocycles. The molecule has 0 radical (unpaired) electrons. The van der Waals surface area contributed by atoms with Crippen LogP contribution in [0.25, 0.3) is 0 Å². The average Bonchev–Trinajstić information content (AvgIpc) is 3.15. The van der Waals surface area contributed by atoms with Crippen LogP contribution in [0.3, 0.4) is 0 Å². The summed E-state index contributed by atoms with van der Waals surface area (Å²) >= 11 is 0. The summed E-state index contributed by atoms with van der Waals surface area (Å²) in [4.78, 5) is -0.547. The number of nitrogens with one attached hydrogen (secondary N) is 1. The van der Waals surface area contributed by atoms with Crippen LogP contribution in [0.1, 0.15) is 36.4 Å². The van der Waals surface area contributed by atoms with Gasteiger partial charge >= 0.3 is 12.5 Å². The lowest BCUT2D eigenvalue weighted by Crippen LogP contribution is -2.45. The van der Waals surface area contributed by atoms with Crippen LogP contribution in [-0.2, 0) is 16.4 Å². The van der Waals surface area contributed by atoms with Gasteiger partial charge in [-0.25, -0.2) is 8.42 Å². The molecule has 192 valence electrons. The minimum absolute atomic E-state index is 0.104. The van der Waals surface area contributed by atoms with Crippen LogP contribution in [0.4, 0.5) is 26.3 Å². The van der Waals surface area contributed by atoms with E-state index in [0.717, 1.165) is 24.1 Å². The van der Waals surface area contributed by atoms with Crippen LogP contribution >= 0.6 is 0 Å². The fraction of sp³-hybridized carbons (Fsp3) is 0.478. The van der Waals surface area contributed by atoms with Crippen LogP contribution < -0.4 is 10.1 Å². The predicted molar refractivity (Wildman–Crippen MR) is 115 cm³/mol. The molecule has 4 rings (SSSR count). The van der Waals surface area contributed by atoms with Gasteiger partial charge in [-0.05, 0) is 54.5 Å². The Kier molecular flexibility index (Phi) is 6.84. The molecule has 2 aromatic carbocycles. The zero-order chi connectivity index (χ0) is 25.5. The molecule has 35 heavy (non-hydrogen) atoms. The molecule has 1 atom stereocenters. The summed E-state index contributed by atoms with van der Waals surface area (Å²) in [6.45, 7) is 0.879. The molecule has 5 nitrogen and oxygen atoms in total. The zero-order valence-electron chi connectivity index (χ0n) is 18.5. The summed E-state index contributed by atoms with van der Waals surface area (Å²) in [6.07, 6.45) is -8.67. The van der Waals surface area contributed by atoms with Crippen LogP contribution in [0, 0.1) is 5.41 Å². The lowest BCUT2D eigenvalue weighted by molar-refractivity contribution is -0.275. The van der Waals surface area contributed by atoms with Crippen molar-refractivity contribution in [1.29, 1.82) is 0 Å². The van der Waals surface area contributed by atoms with Crippen molar-refractivity contribution in [2.24, 2.45) is 5.41 Å². The van der Waals surface area contributed by atoms with Crippen molar-refractivity contribution in [2.45, 2.75) is 49.2 Å². The van der Waals surface area contributed by atoms with E-state index in [0.29, 0.717) is 19.4 Å². The molecule has 1 unspecified atom stereocenters. The Morgan fingerprint density at radius 2 is 1.57 bits per heavy atom. The molecule has 1 N–H and O–H groups in total. The number of para-hydroxylation sites is 1. The number of benzene rings is 2. The van der Waals surface area contributed by atoms with Gasteiger partial charge in [0.2, 0.25) is 10.0 Å². The Morgan fingerprint density at radius 1 is 0.943 bits per heavy atom. The van der Waals surface area contributed by atoms with Crippen molar-refractivity contribution in [3.05, 3.63) is 59.7 Å². The van der Waals surface area contributed by atoms with Crippen LogP contribution in [-0.4, -0.2) is 44.9 Å². The zero-order valence-corrected chi connectivity index (χ0v) is 19.3. The van der Waals surface area contributed by atoms with E-state index in [2.05, 4.69) is 10.1 Å². The van der Waals surface area contributed by atoms with Gasteiger partial charge in [0.1, 0.15) is 10.6 Å². The minimum atomic E-state index is -5.03. The highest BCUT2D eigenvalue weighted by Crippen LogP contribution is 2.50. The third-order valence-electron chi connectivity index (χ3n) is 6.71. The maximum Gasteiger partial charge on any atom is 0.573 e. The van der Waals surface area contributed by atoms with Crippen molar-refractivity contribution in [3.63, 3.8) is 0 Å². The first-order chi connectivity index (χ1) is 16.3. The highest BCUT2D eigenvalue weighted by Gasteiger charge is 2.47. The molecule has 0 saturated carbocycles. The number of piperidine rings is 1. The summed E-state index contributed by atoms with van der Waals surface area (Å²) in [5, 5.41) is 3.39. The third kappa shape index (κ3) is 5.75. The highest BCUT2D eigenvalue weighted by molar-refractivity contribution is 7.89. The van der Waals surface area contributed by atoms with E-state index in [4.69, 9.17) is 0 Å². The van der Waals surface area contributed by atoms with Gasteiger partial charge in [0.25, 0.3) is 0 Å². The number of hydrogen-bond acceptors (Lipinski definition) is 4. The molecular weight excluding hydrogens is 498 g/mol. The number of sulfonamides is 1. The van der Waals surface area contributed by atoms with Gasteiger partial charge in [0.05, 0.1) is 6.42 Å². The van der Waals surface area contributed by atoms with Gasteiger partial charge in [-0.3, -0.25) is 0 Å². The largest absolute Gasteiger partial charge is 0.573 e. The molecule has 0 bridgehead atoms. The second-order valence-electron chi connectivity index (χ2n) is 8.93. The Bertz CT molecular complexity index is 1140. The lowest BCUT2D eigenvalue weighted by Gasteiger charge is -2.42. The van der Waals surface area contributed by atoms with E-state index in [1.165, 1.54) is 28.6 Å². The first-order valence-corrected chi connectivity index (χ1v) is 12.5. The predicted octanol–water partition coefficient (Wildman–Crippen LogP) is 5.20. The second-order valence-corrected chi connectivity index (χ2v) is 10.8. The van der Waals surface area contributed by atoms with Gasteiger partial charge < -0.3 is 10.1 Å². The molecular formula is C23H24F6N2O3S. The third-order valence-corrected chi connectivity index (χ3v) is 8.65. The monoisotopic (exact) mass is 522 g/mol. The van der Waals surface area contributed by atoms with E-state index < -0.39 is 39.6 Å². The van der Waals surface area contributed by atoms with Crippen molar-refractivity contribution in [2.75, 3.05) is 19.6 Å². The summed E-state index contributed by atoms with van der Waals surface area (Å²) in [7, 11) is -4.24. The number of ether oxygens (including phenoxy) is 1. The van der Waals surface area contributed by atoms with Crippen LogP contribution in [0.2, 0.25) is 0 Å². The minimum Gasteiger partial charge on any atom is -0.404 e. The van der Waals surface area contributed by atoms with Crippen LogP contribution in [0.15, 0.2) is 53.4 Å². The summed E-state index contributed by atoms with van der Waals surface area (Å²) in [5.41, 5.74) is 0.683. The van der Waals surface area contributed by atoms with Crippen molar-refractivity contribution in [1.82, 2.24) is 9.62 Å². The van der Waals surface area contributed by atoms with Gasteiger partial charge in [0.15, 0.2) is 0 Å². The quantitative estimate of drug-likeness (QED) is 0.549. The van der Waals surface area contributed by atoms with Crippen molar-refractivity contribution >= 4 is 10.0 Å². The Hall–Kier alpha value is -2.31. The Morgan fingerprint density at radius 3 is 2.17 bits per heavy atom. The molecule has 0 amide bonds. The van der Waals surface area contributed by atoms with E-state index >= 15 is 0 Å². The fourth-order valence-electron chi connectivity index (χ4n) is 5.08.